The van der Waals surface area contributed by atoms with Gasteiger partial charge in [-0.15, -0.1) is 0 Å². The minimum Gasteiger partial charge on any atom is -0.507 e. The summed E-state index contributed by atoms with van der Waals surface area (Å²) in [6.45, 7) is 0. The number of nitrogens with zero attached hydrogens (tertiary/aromatic N) is 2. The molecule has 0 aliphatic heterocycles. The van der Waals surface area contributed by atoms with Crippen LogP contribution in [0.1, 0.15) is 0 Å². The van der Waals surface area contributed by atoms with Gasteiger partial charge in [0.25, 0.3) is 0 Å². The SMILES string of the molecule is COc1ccc(-c2cnc(NC(N)=S)nc2-c2ccc(OC)cc2O)cc1. The Morgan fingerprint density at radius 3 is 2.30 bits per heavy atom. The maximum Gasteiger partial charge on any atom is 0.229 e. The third kappa shape index (κ3) is 4.06. The van der Waals surface area contributed by atoms with Gasteiger partial charge >= 0.3 is 0 Å². The number of phenolic OH excluding ortho intramolecular Hbond substituents is 1. The van der Waals surface area contributed by atoms with Gasteiger partial charge in [-0.25, -0.2) is 9.97 Å². The van der Waals surface area contributed by atoms with Crippen LogP contribution in [0.25, 0.3) is 22.4 Å². The van der Waals surface area contributed by atoms with Gasteiger partial charge < -0.3 is 25.6 Å². The van der Waals surface area contributed by atoms with Gasteiger partial charge in [-0.1, -0.05) is 12.1 Å². The number of nitrogens with one attached hydrogen (secondary N) is 1. The van der Waals surface area contributed by atoms with E-state index in [9.17, 15) is 5.11 Å². The molecule has 0 radical (unpaired) electrons. The molecule has 0 fully saturated rings. The highest BCUT2D eigenvalue weighted by molar-refractivity contribution is 7.80. The zero-order chi connectivity index (χ0) is 19.4. The Labute approximate surface area is 161 Å². The van der Waals surface area contributed by atoms with Gasteiger partial charge in [-0.2, -0.15) is 0 Å². The Kier molecular flexibility index (Phi) is 5.37. The maximum absolute atomic E-state index is 10.5. The molecular formula is C19H18N4O3S. The lowest BCUT2D eigenvalue weighted by molar-refractivity contribution is 0.408. The molecule has 3 aromatic rings. The predicted molar refractivity (Wildman–Crippen MR) is 108 cm³/mol. The molecule has 0 saturated heterocycles. The van der Waals surface area contributed by atoms with Crippen LogP contribution < -0.4 is 20.5 Å². The summed E-state index contributed by atoms with van der Waals surface area (Å²) >= 11 is 4.86. The molecule has 2 aromatic carbocycles. The third-order valence-electron chi connectivity index (χ3n) is 3.88. The zero-order valence-corrected chi connectivity index (χ0v) is 15.6. The number of aromatic nitrogens is 2. The Bertz CT molecular complexity index is 977. The molecule has 0 atom stereocenters. The van der Waals surface area contributed by atoms with Crippen LogP contribution in [0, 0.1) is 0 Å². The zero-order valence-electron chi connectivity index (χ0n) is 14.8. The van der Waals surface area contributed by atoms with E-state index < -0.39 is 0 Å². The number of anilines is 1. The number of hydrogen-bond acceptors (Lipinski definition) is 6. The second-order valence-electron chi connectivity index (χ2n) is 5.56. The predicted octanol–water partition coefficient (Wildman–Crippen LogP) is 3.19. The summed E-state index contributed by atoms with van der Waals surface area (Å²) in [5.41, 5.74) is 8.16. The summed E-state index contributed by atoms with van der Waals surface area (Å²) in [5.74, 6) is 1.55. The molecule has 0 spiro atoms. The van der Waals surface area contributed by atoms with E-state index in [0.717, 1.165) is 16.9 Å². The van der Waals surface area contributed by atoms with Crippen molar-refractivity contribution < 1.29 is 14.6 Å². The normalized spacial score (nSPS) is 10.3. The molecule has 0 aliphatic rings. The van der Waals surface area contributed by atoms with Crippen molar-refractivity contribution in [3.63, 3.8) is 0 Å². The van der Waals surface area contributed by atoms with E-state index in [4.69, 9.17) is 27.4 Å². The lowest BCUT2D eigenvalue weighted by atomic mass is 10.00. The number of phenols is 1. The van der Waals surface area contributed by atoms with Gasteiger partial charge in [0, 0.05) is 23.4 Å². The van der Waals surface area contributed by atoms with E-state index in [2.05, 4.69) is 15.3 Å². The number of ether oxygens (including phenoxy) is 2. The summed E-state index contributed by atoms with van der Waals surface area (Å²) in [5, 5.41) is 13.2. The largest absolute Gasteiger partial charge is 0.507 e. The van der Waals surface area contributed by atoms with Crippen LogP contribution in [0.15, 0.2) is 48.7 Å². The van der Waals surface area contributed by atoms with Gasteiger partial charge in [-0.05, 0) is 42.0 Å². The van der Waals surface area contributed by atoms with Crippen LogP contribution in [0.3, 0.4) is 0 Å². The van der Waals surface area contributed by atoms with Crippen LogP contribution in [-0.4, -0.2) is 34.4 Å². The molecule has 8 heteroatoms. The van der Waals surface area contributed by atoms with Gasteiger partial charge in [0.05, 0.1) is 19.9 Å². The molecule has 0 unspecified atom stereocenters. The Morgan fingerprint density at radius 2 is 1.70 bits per heavy atom. The van der Waals surface area contributed by atoms with Crippen molar-refractivity contribution in [3.05, 3.63) is 48.7 Å². The van der Waals surface area contributed by atoms with Crippen LogP contribution in [-0.2, 0) is 0 Å². The van der Waals surface area contributed by atoms with E-state index in [1.807, 2.05) is 24.3 Å². The molecule has 0 aliphatic carbocycles. The topological polar surface area (TPSA) is 103 Å². The Morgan fingerprint density at radius 1 is 1.04 bits per heavy atom. The average Bonchev–Trinajstić information content (AvgIpc) is 2.67. The van der Waals surface area contributed by atoms with E-state index in [1.54, 1.807) is 25.4 Å². The number of thiocarbonyl (C=S) groups is 1. The molecule has 7 nitrogen and oxygen atoms in total. The van der Waals surface area contributed by atoms with E-state index in [0.29, 0.717) is 17.0 Å². The van der Waals surface area contributed by atoms with E-state index >= 15 is 0 Å². The highest BCUT2D eigenvalue weighted by Gasteiger charge is 2.16. The maximum atomic E-state index is 10.5. The number of methoxy groups -OCH3 is 2. The minimum atomic E-state index is 0.0316. The fourth-order valence-corrected chi connectivity index (χ4v) is 2.67. The van der Waals surface area contributed by atoms with Crippen LogP contribution in [0.2, 0.25) is 0 Å². The number of rotatable bonds is 5. The quantitative estimate of drug-likeness (QED) is 0.578. The van der Waals surface area contributed by atoms with Crippen molar-refractivity contribution in [1.82, 2.24) is 9.97 Å². The lowest BCUT2D eigenvalue weighted by Gasteiger charge is -2.13. The summed E-state index contributed by atoms with van der Waals surface area (Å²) in [6, 6.07) is 12.5. The Hall–Kier alpha value is -3.39. The second kappa shape index (κ2) is 7.88. The first-order chi connectivity index (χ1) is 13.0. The molecular weight excluding hydrogens is 364 g/mol. The third-order valence-corrected chi connectivity index (χ3v) is 3.99. The number of hydrogen-bond donors (Lipinski definition) is 3. The highest BCUT2D eigenvalue weighted by atomic mass is 32.1. The lowest BCUT2D eigenvalue weighted by Crippen LogP contribution is -2.20. The molecule has 1 heterocycles. The summed E-state index contributed by atoms with van der Waals surface area (Å²) < 4.78 is 10.4. The van der Waals surface area contributed by atoms with Gasteiger partial charge in [0.1, 0.15) is 17.2 Å². The molecule has 138 valence electrons. The van der Waals surface area contributed by atoms with Crippen LogP contribution in [0.5, 0.6) is 17.2 Å². The average molecular weight is 382 g/mol. The van der Waals surface area contributed by atoms with Crippen molar-refractivity contribution >= 4 is 23.3 Å². The summed E-state index contributed by atoms with van der Waals surface area (Å²) in [7, 11) is 3.14. The number of benzene rings is 2. The highest BCUT2D eigenvalue weighted by Crippen LogP contribution is 2.37. The van der Waals surface area contributed by atoms with Crippen LogP contribution in [0.4, 0.5) is 5.95 Å². The molecule has 3 rings (SSSR count). The summed E-state index contributed by atoms with van der Waals surface area (Å²) in [6.07, 6.45) is 1.65. The van der Waals surface area contributed by atoms with Crippen molar-refractivity contribution in [2.24, 2.45) is 5.73 Å². The van der Waals surface area contributed by atoms with Crippen molar-refractivity contribution in [2.75, 3.05) is 19.5 Å². The van der Waals surface area contributed by atoms with Crippen molar-refractivity contribution in [3.8, 4) is 39.6 Å². The standard InChI is InChI=1S/C19H18N4O3S/c1-25-12-5-3-11(4-6-12)15-10-21-19(23-18(20)27)22-17(15)14-8-7-13(26-2)9-16(14)24/h3-10,24H,1-2H3,(H3,20,21,22,23,27). The molecule has 0 bridgehead atoms. The van der Waals surface area contributed by atoms with E-state index in [-0.39, 0.29) is 16.8 Å². The smallest absolute Gasteiger partial charge is 0.229 e. The molecule has 0 saturated carbocycles. The fourth-order valence-electron chi connectivity index (χ4n) is 2.58. The van der Waals surface area contributed by atoms with Crippen molar-refractivity contribution in [1.29, 1.82) is 0 Å². The second-order valence-corrected chi connectivity index (χ2v) is 6.00. The molecule has 1 aromatic heterocycles. The first-order valence-electron chi connectivity index (χ1n) is 7.97. The van der Waals surface area contributed by atoms with Gasteiger partial charge in [0.2, 0.25) is 5.95 Å². The Balaban J connectivity index is 2.16. The molecule has 0 amide bonds. The molecule has 4 N–H and O–H groups in total. The first-order valence-corrected chi connectivity index (χ1v) is 8.38. The van der Waals surface area contributed by atoms with Crippen molar-refractivity contribution in [2.45, 2.75) is 0 Å². The first kappa shape index (κ1) is 18.4. The van der Waals surface area contributed by atoms with Gasteiger partial charge in [0.15, 0.2) is 5.11 Å². The monoisotopic (exact) mass is 382 g/mol. The van der Waals surface area contributed by atoms with Gasteiger partial charge in [-0.3, -0.25) is 0 Å². The number of aromatic hydroxyl groups is 1. The molecule has 27 heavy (non-hydrogen) atoms. The van der Waals surface area contributed by atoms with Crippen LogP contribution >= 0.6 is 12.2 Å². The minimum absolute atomic E-state index is 0.0316. The fraction of sp³-hybridized carbons (Fsp3) is 0.105. The van der Waals surface area contributed by atoms with E-state index in [1.165, 1.54) is 13.2 Å². The summed E-state index contributed by atoms with van der Waals surface area (Å²) in [4.78, 5) is 8.76. The number of nitrogens with two attached hydrogens (primary N) is 1.